The normalized spacial score (nSPS) is 11.7. The van der Waals surface area contributed by atoms with Gasteiger partial charge in [0.2, 0.25) is 11.8 Å². The first kappa shape index (κ1) is 29.4. The van der Waals surface area contributed by atoms with Gasteiger partial charge in [-0.2, -0.15) is 0 Å². The van der Waals surface area contributed by atoms with Crippen LogP contribution in [0.1, 0.15) is 66.2 Å². The molecular weight excluding hydrogens is 396 g/mol. The number of methoxy groups -OCH3 is 2. The Morgan fingerprint density at radius 3 is 1.17 bits per heavy atom. The third-order valence-corrected chi connectivity index (χ3v) is 4.00. The minimum absolute atomic E-state index is 0.0867. The largest absolute Gasteiger partial charge is 0.469 e. The van der Waals surface area contributed by atoms with Crippen LogP contribution >= 0.6 is 0 Å². The zero-order chi connectivity index (χ0) is 23.7. The molecule has 0 saturated heterocycles. The van der Waals surface area contributed by atoms with Gasteiger partial charge in [0, 0.05) is 25.7 Å². The van der Waals surface area contributed by atoms with Crippen molar-refractivity contribution in [3.8, 4) is 0 Å². The molecule has 0 aromatic carbocycles. The third-order valence-electron chi connectivity index (χ3n) is 4.00. The first-order valence-corrected chi connectivity index (χ1v) is 9.67. The first-order valence-electron chi connectivity index (χ1n) is 9.67. The number of hydrogen-bond donors (Lipinski definition) is 2. The maximum absolute atomic E-state index is 11.2. The Bertz CT molecular complexity index is 552. The van der Waals surface area contributed by atoms with Crippen molar-refractivity contribution in [3.63, 3.8) is 0 Å². The Morgan fingerprint density at radius 1 is 0.633 bits per heavy atom. The van der Waals surface area contributed by atoms with E-state index in [9.17, 15) is 28.8 Å². The van der Waals surface area contributed by atoms with Gasteiger partial charge in [-0.1, -0.05) is 0 Å². The van der Waals surface area contributed by atoms with E-state index >= 15 is 0 Å². The molecule has 0 aliphatic heterocycles. The Kier molecular flexibility index (Phi) is 16.8. The molecule has 0 rings (SSSR count). The summed E-state index contributed by atoms with van der Waals surface area (Å²) in [6, 6.07) is -0.925. The average Bonchev–Trinajstić information content (AvgIpc) is 2.67. The van der Waals surface area contributed by atoms with Crippen LogP contribution in [0, 0.1) is 0 Å². The van der Waals surface area contributed by atoms with Crippen LogP contribution in [-0.4, -0.2) is 61.6 Å². The van der Waals surface area contributed by atoms with Crippen LogP contribution in [0.15, 0.2) is 0 Å². The van der Waals surface area contributed by atoms with Gasteiger partial charge in [-0.05, 0) is 40.5 Å². The summed E-state index contributed by atoms with van der Waals surface area (Å²) in [5.41, 5.74) is 0. The number of hydrogen-bond acceptors (Lipinski definition) is 8. The molecule has 0 aliphatic carbocycles. The number of ether oxygens (including phenoxy) is 2. The monoisotopic (exact) mass is 430 g/mol. The molecule has 10 nitrogen and oxygen atoms in total. The molecule has 0 aromatic rings. The summed E-state index contributed by atoms with van der Waals surface area (Å²) in [6.07, 6.45) is 1.77. The molecule has 0 radical (unpaired) electrons. The first-order chi connectivity index (χ1) is 13.9. The highest BCUT2D eigenvalue weighted by Crippen LogP contribution is 1.98. The van der Waals surface area contributed by atoms with E-state index in [1.54, 1.807) is 13.8 Å². The maximum atomic E-state index is 11.2. The predicted octanol–water partition coefficient (Wildman–Crippen LogP) is 0.847. The quantitative estimate of drug-likeness (QED) is 0.433. The molecule has 30 heavy (non-hydrogen) atoms. The molecule has 2 atom stereocenters. The van der Waals surface area contributed by atoms with Gasteiger partial charge in [0.1, 0.15) is 0 Å². The molecule has 172 valence electrons. The Morgan fingerprint density at radius 2 is 0.933 bits per heavy atom. The lowest BCUT2D eigenvalue weighted by Crippen LogP contribution is -2.37. The van der Waals surface area contributed by atoms with E-state index in [1.165, 1.54) is 28.1 Å². The lowest BCUT2D eigenvalue weighted by Gasteiger charge is -2.09. The van der Waals surface area contributed by atoms with E-state index in [2.05, 4.69) is 20.1 Å². The van der Waals surface area contributed by atoms with Crippen molar-refractivity contribution in [2.45, 2.75) is 78.3 Å². The summed E-state index contributed by atoms with van der Waals surface area (Å²) >= 11 is 0. The molecule has 0 saturated carbocycles. The van der Waals surface area contributed by atoms with Gasteiger partial charge >= 0.3 is 11.9 Å². The van der Waals surface area contributed by atoms with E-state index in [0.29, 0.717) is 12.8 Å². The van der Waals surface area contributed by atoms with Crippen molar-refractivity contribution in [1.29, 1.82) is 0 Å². The van der Waals surface area contributed by atoms with Gasteiger partial charge in [0.15, 0.2) is 11.6 Å². The Hall–Kier alpha value is -2.78. The Balaban J connectivity index is 0. The summed E-state index contributed by atoms with van der Waals surface area (Å²) in [7, 11) is 2.61. The SMILES string of the molecule is COC(=O)CCCC(=O)NC(C)C(C)=O.COC(=O)CCCC(=O)NC(C)C(C)=O. The number of amides is 2. The fourth-order valence-electron chi connectivity index (χ4n) is 1.82. The van der Waals surface area contributed by atoms with Crippen molar-refractivity contribution < 1.29 is 38.2 Å². The number of carbonyl (C=O) groups excluding carboxylic acids is 6. The van der Waals surface area contributed by atoms with E-state index in [4.69, 9.17) is 0 Å². The summed E-state index contributed by atoms with van der Waals surface area (Å²) in [6.45, 7) is 6.08. The molecule has 2 amide bonds. The van der Waals surface area contributed by atoms with Crippen LogP contribution in [-0.2, 0) is 38.2 Å². The van der Waals surface area contributed by atoms with Gasteiger partial charge in [0.25, 0.3) is 0 Å². The number of rotatable bonds is 12. The zero-order valence-corrected chi connectivity index (χ0v) is 18.7. The second-order valence-corrected chi connectivity index (χ2v) is 6.66. The minimum Gasteiger partial charge on any atom is -0.469 e. The molecule has 2 N–H and O–H groups in total. The van der Waals surface area contributed by atoms with Crippen LogP contribution < -0.4 is 10.6 Å². The zero-order valence-electron chi connectivity index (χ0n) is 18.7. The number of ketones is 2. The summed E-state index contributed by atoms with van der Waals surface area (Å²) in [5, 5.41) is 5.06. The van der Waals surface area contributed by atoms with Crippen molar-refractivity contribution in [2.24, 2.45) is 0 Å². The van der Waals surface area contributed by atoms with Gasteiger partial charge in [-0.25, -0.2) is 0 Å². The van der Waals surface area contributed by atoms with Gasteiger partial charge < -0.3 is 20.1 Å². The number of carbonyl (C=O) groups is 6. The predicted molar refractivity (Wildman–Crippen MR) is 108 cm³/mol. The average molecular weight is 430 g/mol. The number of nitrogens with one attached hydrogen (secondary N) is 2. The molecule has 2 unspecified atom stereocenters. The van der Waals surface area contributed by atoms with Crippen molar-refractivity contribution in [1.82, 2.24) is 10.6 Å². The van der Waals surface area contributed by atoms with Crippen LogP contribution in [0.4, 0.5) is 0 Å². The van der Waals surface area contributed by atoms with Gasteiger partial charge in [0.05, 0.1) is 26.3 Å². The van der Waals surface area contributed by atoms with E-state index in [1.807, 2.05) is 0 Å². The lowest BCUT2D eigenvalue weighted by molar-refractivity contribution is -0.141. The van der Waals surface area contributed by atoms with Gasteiger partial charge in [-0.3, -0.25) is 28.8 Å². The molecule has 0 fully saturated rings. The third kappa shape index (κ3) is 17.3. The second kappa shape index (κ2) is 17.1. The van der Waals surface area contributed by atoms with Crippen LogP contribution in [0.2, 0.25) is 0 Å². The molecule has 0 spiro atoms. The highest BCUT2D eigenvalue weighted by atomic mass is 16.5. The number of esters is 2. The van der Waals surface area contributed by atoms with E-state index < -0.39 is 12.1 Å². The smallest absolute Gasteiger partial charge is 0.305 e. The maximum Gasteiger partial charge on any atom is 0.305 e. The second-order valence-electron chi connectivity index (χ2n) is 6.66. The lowest BCUT2D eigenvalue weighted by atomic mass is 10.2. The molecule has 0 aromatic heterocycles. The van der Waals surface area contributed by atoms with Gasteiger partial charge in [-0.15, -0.1) is 0 Å². The Labute approximate surface area is 177 Å². The molecule has 0 aliphatic rings. The van der Waals surface area contributed by atoms with Crippen molar-refractivity contribution in [3.05, 3.63) is 0 Å². The van der Waals surface area contributed by atoms with E-state index in [-0.39, 0.29) is 61.0 Å². The summed E-state index contributed by atoms with van der Waals surface area (Å²) < 4.78 is 8.85. The highest BCUT2D eigenvalue weighted by Gasteiger charge is 2.12. The molecule has 10 heteroatoms. The van der Waals surface area contributed by atoms with Crippen LogP contribution in [0.25, 0.3) is 0 Å². The van der Waals surface area contributed by atoms with E-state index in [0.717, 1.165) is 0 Å². The molecule has 0 bridgehead atoms. The van der Waals surface area contributed by atoms with Crippen molar-refractivity contribution in [2.75, 3.05) is 14.2 Å². The fourth-order valence-corrected chi connectivity index (χ4v) is 1.82. The number of Topliss-reactive ketones (excluding diaryl/α,β-unsaturated/α-hetero) is 2. The standard InChI is InChI=1S/2C10H17NO4/c2*1-7(8(2)12)11-9(13)5-4-6-10(14)15-3/h2*7H,4-6H2,1-3H3,(H,11,13). The van der Waals surface area contributed by atoms with Crippen LogP contribution in [0.5, 0.6) is 0 Å². The fraction of sp³-hybridized carbons (Fsp3) is 0.700. The topological polar surface area (TPSA) is 145 Å². The molecule has 0 heterocycles. The summed E-state index contributed by atoms with van der Waals surface area (Å²) in [4.78, 5) is 65.5. The molecular formula is C20H34N2O8. The highest BCUT2D eigenvalue weighted by molar-refractivity contribution is 5.87. The minimum atomic E-state index is -0.462. The summed E-state index contributed by atoms with van der Waals surface area (Å²) in [5.74, 6) is -1.28. The van der Waals surface area contributed by atoms with Crippen molar-refractivity contribution >= 4 is 35.3 Å². The van der Waals surface area contributed by atoms with Crippen LogP contribution in [0.3, 0.4) is 0 Å².